The standard InChI is InChI=1S/C7H9F3.C3H9P.2CH3.NO.W/c8-7(9,10)6-4-2-1-3-5-6;1-4(2)3;;;1-2;/h2,4,6H,1,3,5H2;1-3H3;2*1H3;;/q;;3*-1;/p+1/t6-;;;;;/m0...../s1/i1D,3D,6D;;;;;/t1-,3+,6-;;;;;. The Morgan fingerprint density at radius 3 is 1.95 bits per heavy atom. The van der Waals surface area contributed by atoms with Gasteiger partial charge in [0.15, 0.2) is 0 Å². The third kappa shape index (κ3) is 23.7. The van der Waals surface area contributed by atoms with Crippen molar-refractivity contribution in [3.05, 3.63) is 37.5 Å². The monoisotopic (exact) mass is 474 g/mol. The van der Waals surface area contributed by atoms with Gasteiger partial charge in [-0.15, -0.1) is 0 Å². The van der Waals surface area contributed by atoms with Crippen LogP contribution in [0.4, 0.5) is 13.2 Å². The molecule has 7 heteroatoms. The number of alkyl halides is 3. The predicted molar refractivity (Wildman–Crippen MR) is 78.2 cm³/mol. The van der Waals surface area contributed by atoms with E-state index in [1.165, 1.54) is 0 Å². The Balaban J connectivity index is -0.0000000941. The van der Waals surface area contributed by atoms with Gasteiger partial charge in [0, 0.05) is 45.2 Å². The molecule has 0 saturated heterocycles. The van der Waals surface area contributed by atoms with Crippen LogP contribution in [0.2, 0.25) is 0 Å². The Hall–Kier alpha value is 0.248. The summed E-state index contributed by atoms with van der Waals surface area (Å²) in [6.45, 7) is 6.81. The predicted octanol–water partition coefficient (Wildman–Crippen LogP) is 5.22. The van der Waals surface area contributed by atoms with Crippen LogP contribution >= 0.6 is 7.92 Å². The Kier molecular flexibility index (Phi) is 20.7. The van der Waals surface area contributed by atoms with Gasteiger partial charge in [0.2, 0.25) is 0 Å². The number of allylic oxidation sites excluding steroid dienone is 2. The van der Waals surface area contributed by atoms with E-state index in [-0.39, 0.29) is 43.8 Å². The fraction of sp³-hybridized carbons (Fsp3) is 0.667. The molecule has 0 aromatic carbocycles. The number of hydrogen-bond donors (Lipinski definition) is 0. The Bertz CT molecular complexity index is 297. The SMILES string of the molecule is C[PH+](C)C.[2H][C@H]1C=C[C@]([2H])(C(F)(F)F)C[C@@H]1[2H].[CH3-].[CH3-].[N-]=O.[W]. The van der Waals surface area contributed by atoms with Crippen LogP contribution in [0.3, 0.4) is 0 Å². The van der Waals surface area contributed by atoms with Gasteiger partial charge >= 0.3 is 6.18 Å². The van der Waals surface area contributed by atoms with E-state index in [1.807, 2.05) is 0 Å². The van der Waals surface area contributed by atoms with Crippen LogP contribution in [-0.4, -0.2) is 26.2 Å². The first-order chi connectivity index (χ1) is 8.49. The molecule has 118 valence electrons. The van der Waals surface area contributed by atoms with Gasteiger partial charge in [0.1, 0.15) is 0 Å². The second kappa shape index (κ2) is 18.2. The summed E-state index contributed by atoms with van der Waals surface area (Å²) >= 11 is 0. The van der Waals surface area contributed by atoms with Crippen molar-refractivity contribution in [2.45, 2.75) is 25.4 Å². The van der Waals surface area contributed by atoms with Crippen molar-refractivity contribution < 1.29 is 38.3 Å². The van der Waals surface area contributed by atoms with Crippen molar-refractivity contribution >= 4 is 7.92 Å². The first kappa shape index (κ1) is 21.5. The van der Waals surface area contributed by atoms with Crippen molar-refractivity contribution in [2.75, 3.05) is 20.0 Å². The maximum absolute atomic E-state index is 12.2. The zero-order valence-electron chi connectivity index (χ0n) is 14.9. The van der Waals surface area contributed by atoms with Crippen LogP contribution in [-0.2, 0) is 21.1 Å². The van der Waals surface area contributed by atoms with E-state index >= 15 is 0 Å². The molecular weight excluding hydrogens is 446 g/mol. The van der Waals surface area contributed by atoms with Gasteiger partial charge in [-0.3, -0.25) is 0 Å². The number of rotatable bonds is 0. The Morgan fingerprint density at radius 2 is 1.68 bits per heavy atom. The van der Waals surface area contributed by atoms with Crippen LogP contribution in [0.15, 0.2) is 12.2 Å². The van der Waals surface area contributed by atoms with E-state index in [1.54, 1.807) is 0 Å². The van der Waals surface area contributed by atoms with Crippen molar-refractivity contribution in [1.29, 1.82) is 0 Å². The van der Waals surface area contributed by atoms with E-state index in [0.29, 0.717) is 6.08 Å². The molecule has 1 aliphatic rings. The van der Waals surface area contributed by atoms with E-state index in [4.69, 9.17) is 14.6 Å². The molecule has 0 fully saturated rings. The van der Waals surface area contributed by atoms with E-state index in [9.17, 15) is 13.2 Å². The summed E-state index contributed by atoms with van der Waals surface area (Å²) in [6.07, 6.45) is -5.76. The summed E-state index contributed by atoms with van der Waals surface area (Å²) in [5.74, 6) is -2.67. The van der Waals surface area contributed by atoms with Gasteiger partial charge in [-0.05, 0) is 27.1 Å². The van der Waals surface area contributed by atoms with Gasteiger partial charge in [-0.2, -0.15) is 13.2 Å². The molecule has 0 aromatic rings. The second-order valence-electron chi connectivity index (χ2n) is 3.51. The summed E-state index contributed by atoms with van der Waals surface area (Å²) in [5, 5.41) is 0. The first-order valence-electron chi connectivity index (χ1n) is 6.20. The Morgan fingerprint density at radius 1 is 1.32 bits per heavy atom. The molecule has 0 N–H and O–H groups in total. The molecule has 1 aliphatic carbocycles. The van der Waals surface area contributed by atoms with Gasteiger partial charge in [-0.1, -0.05) is 12.2 Å². The summed E-state index contributed by atoms with van der Waals surface area (Å²) in [7, 11) is 0.120. The topological polar surface area (TPSA) is 39.4 Å². The Labute approximate surface area is 135 Å². The molecule has 1 rings (SSSR count). The van der Waals surface area contributed by atoms with Gasteiger partial charge in [0.25, 0.3) is 0 Å². The molecular formula is C12H25F3NOPW-2. The maximum atomic E-state index is 12.2. The molecule has 19 heavy (non-hydrogen) atoms. The zero-order chi connectivity index (χ0) is 15.9. The van der Waals surface area contributed by atoms with Crippen LogP contribution < -0.4 is 0 Å². The summed E-state index contributed by atoms with van der Waals surface area (Å²) < 4.78 is 58.1. The maximum Gasteiger partial charge on any atom is 0.395 e. The molecule has 0 aliphatic heterocycles. The van der Waals surface area contributed by atoms with Crippen molar-refractivity contribution in [3.8, 4) is 0 Å². The van der Waals surface area contributed by atoms with Crippen molar-refractivity contribution in [3.63, 3.8) is 0 Å². The minimum Gasteiger partial charge on any atom is -0.577 e. The van der Waals surface area contributed by atoms with E-state index < -0.39 is 31.3 Å². The molecule has 0 bridgehead atoms. The average Bonchev–Trinajstić information content (AvgIpc) is 2.25. The quantitative estimate of drug-likeness (QED) is 0.270. The summed E-state index contributed by atoms with van der Waals surface area (Å²) in [6, 6.07) is 0. The fourth-order valence-corrected chi connectivity index (χ4v) is 0.724. The second-order valence-corrected chi connectivity index (χ2v) is 6.51. The summed E-state index contributed by atoms with van der Waals surface area (Å²) in [4.78, 5) is 7.25. The van der Waals surface area contributed by atoms with Gasteiger partial charge in [-0.25, -0.2) is 0 Å². The normalized spacial score (nSPS) is 30.2. The molecule has 0 heterocycles. The molecule has 0 spiro atoms. The van der Waals surface area contributed by atoms with E-state index in [0.717, 1.165) is 6.08 Å². The fourth-order valence-electron chi connectivity index (χ4n) is 0.724. The first-order valence-corrected chi connectivity index (χ1v) is 7.55. The number of nitrogens with zero attached hydrogens (tertiary/aromatic N) is 1. The molecule has 0 aromatic heterocycles. The third-order valence-corrected chi connectivity index (χ3v) is 1.25. The van der Waals surface area contributed by atoms with Crippen molar-refractivity contribution in [2.24, 2.45) is 5.89 Å². The largest absolute Gasteiger partial charge is 0.577 e. The minimum absolute atomic E-state index is 0. The van der Waals surface area contributed by atoms with Crippen LogP contribution in [0, 0.1) is 25.7 Å². The molecule has 0 amide bonds. The molecule has 2 nitrogen and oxygen atoms in total. The minimum atomic E-state index is -4.65. The molecule has 0 radical (unpaired) electrons. The third-order valence-electron chi connectivity index (χ3n) is 1.25. The van der Waals surface area contributed by atoms with Crippen molar-refractivity contribution in [1.82, 2.24) is 0 Å². The van der Waals surface area contributed by atoms with Gasteiger partial charge < -0.3 is 25.4 Å². The van der Waals surface area contributed by atoms with Gasteiger partial charge in [0.05, 0.1) is 5.89 Å². The number of nitroso groups, excluding NO2 is 1. The molecule has 0 unspecified atom stereocenters. The van der Waals surface area contributed by atoms with Crippen LogP contribution in [0.5, 0.6) is 0 Å². The number of hydrogen-bond acceptors (Lipinski definition) is 1. The number of halogens is 3. The smallest absolute Gasteiger partial charge is 0.395 e. The zero-order valence-corrected chi connectivity index (χ0v) is 15.8. The molecule has 3 atom stereocenters. The summed E-state index contributed by atoms with van der Waals surface area (Å²) in [5.41, 5.74) is 5.75. The van der Waals surface area contributed by atoms with Crippen LogP contribution in [0.1, 0.15) is 23.3 Å². The van der Waals surface area contributed by atoms with E-state index in [2.05, 4.69) is 20.0 Å². The molecule has 0 saturated carbocycles. The average molecular weight is 474 g/mol. The van der Waals surface area contributed by atoms with Crippen LogP contribution in [0.25, 0.3) is 5.59 Å².